The summed E-state index contributed by atoms with van der Waals surface area (Å²) in [6.45, 7) is 0. The summed E-state index contributed by atoms with van der Waals surface area (Å²) in [6, 6.07) is 24.0. The third-order valence-corrected chi connectivity index (χ3v) is 6.10. The van der Waals surface area contributed by atoms with Crippen LogP contribution in [0.5, 0.6) is 5.75 Å². The number of hydrogen-bond donors (Lipinski definition) is 2. The van der Waals surface area contributed by atoms with Crippen molar-refractivity contribution >= 4 is 13.6 Å². The molecule has 0 bridgehead atoms. The molecule has 0 radical (unpaired) electrons. The van der Waals surface area contributed by atoms with Crippen molar-refractivity contribution in [2.45, 2.75) is 5.16 Å². The van der Waals surface area contributed by atoms with Gasteiger partial charge in [-0.2, -0.15) is 0 Å². The first-order valence-electron chi connectivity index (χ1n) is 7.90. The topological polar surface area (TPSA) is 83.8 Å². The highest BCUT2D eigenvalue weighted by atomic mass is 31.2. The molecule has 1 atom stereocenters. The Morgan fingerprint density at radius 3 is 1.54 bits per heavy atom. The third kappa shape index (κ3) is 3.03. The summed E-state index contributed by atoms with van der Waals surface area (Å²) >= 11 is 0. The molecule has 0 aromatic heterocycles. The molecule has 0 saturated heterocycles. The van der Waals surface area contributed by atoms with E-state index in [0.29, 0.717) is 0 Å². The van der Waals surface area contributed by atoms with Crippen LogP contribution < -0.4 is 4.52 Å². The van der Waals surface area contributed by atoms with Crippen molar-refractivity contribution in [3.05, 3.63) is 102 Å². The van der Waals surface area contributed by atoms with Gasteiger partial charge in [-0.15, -0.1) is 0 Å². The molecule has 0 fully saturated rings. The fraction of sp³-hybridized carbons (Fsp3) is 0.0500. The van der Waals surface area contributed by atoms with Gasteiger partial charge in [-0.3, -0.25) is 4.79 Å². The summed E-state index contributed by atoms with van der Waals surface area (Å²) in [7, 11) is -4.76. The van der Waals surface area contributed by atoms with Gasteiger partial charge in [0.25, 0.3) is 0 Å². The van der Waals surface area contributed by atoms with Crippen LogP contribution in [0.25, 0.3) is 0 Å². The van der Waals surface area contributed by atoms with Crippen molar-refractivity contribution in [3.8, 4) is 5.75 Å². The molecular formula is C20H17O5P. The Morgan fingerprint density at radius 2 is 1.15 bits per heavy atom. The Bertz CT molecular complexity index is 887. The van der Waals surface area contributed by atoms with Gasteiger partial charge in [0.2, 0.25) is 5.16 Å². The van der Waals surface area contributed by atoms with Gasteiger partial charge in [-0.1, -0.05) is 78.9 Å². The Hall–Kier alpha value is -2.88. The number of para-hydroxylation sites is 1. The van der Waals surface area contributed by atoms with Gasteiger partial charge < -0.3 is 14.5 Å². The number of carboxylic acid groups (broad SMARTS) is 1. The molecule has 3 rings (SSSR count). The Balaban J connectivity index is 2.26. The average molecular weight is 368 g/mol. The monoisotopic (exact) mass is 368 g/mol. The molecule has 0 amide bonds. The van der Waals surface area contributed by atoms with Crippen molar-refractivity contribution in [1.29, 1.82) is 0 Å². The molecule has 3 aromatic rings. The van der Waals surface area contributed by atoms with E-state index < -0.39 is 18.7 Å². The lowest BCUT2D eigenvalue weighted by atomic mass is 9.90. The molecule has 0 heterocycles. The summed E-state index contributed by atoms with van der Waals surface area (Å²) in [5, 5.41) is 7.87. The second-order valence-electron chi connectivity index (χ2n) is 5.67. The van der Waals surface area contributed by atoms with E-state index in [1.807, 2.05) is 0 Å². The quantitative estimate of drug-likeness (QED) is 0.635. The maximum Gasteiger partial charge on any atom is 0.402 e. The zero-order chi connectivity index (χ0) is 18.6. The van der Waals surface area contributed by atoms with Crippen LogP contribution in [0, 0.1) is 0 Å². The smallest absolute Gasteiger partial charge is 0.402 e. The van der Waals surface area contributed by atoms with E-state index in [9.17, 15) is 19.4 Å². The highest BCUT2D eigenvalue weighted by molar-refractivity contribution is 7.56. The van der Waals surface area contributed by atoms with Crippen molar-refractivity contribution in [2.24, 2.45) is 0 Å². The van der Waals surface area contributed by atoms with Crippen molar-refractivity contribution in [3.63, 3.8) is 0 Å². The lowest BCUT2D eigenvalue weighted by molar-refractivity contribution is -0.139. The van der Waals surface area contributed by atoms with E-state index in [1.165, 1.54) is 36.4 Å². The van der Waals surface area contributed by atoms with Crippen LogP contribution in [0.15, 0.2) is 91.0 Å². The van der Waals surface area contributed by atoms with Crippen LogP contribution in [-0.2, 0) is 14.5 Å². The Labute approximate surface area is 151 Å². The van der Waals surface area contributed by atoms with Gasteiger partial charge in [0.05, 0.1) is 0 Å². The van der Waals surface area contributed by atoms with Crippen LogP contribution in [-0.4, -0.2) is 16.0 Å². The van der Waals surface area contributed by atoms with Crippen molar-refractivity contribution in [1.82, 2.24) is 0 Å². The second-order valence-corrected chi connectivity index (χ2v) is 7.57. The van der Waals surface area contributed by atoms with Crippen LogP contribution in [0.2, 0.25) is 0 Å². The van der Waals surface area contributed by atoms with Gasteiger partial charge in [-0.25, -0.2) is 4.57 Å². The molecule has 5 nitrogen and oxygen atoms in total. The number of aliphatic carboxylic acids is 1. The van der Waals surface area contributed by atoms with Crippen molar-refractivity contribution in [2.75, 3.05) is 0 Å². The van der Waals surface area contributed by atoms with Gasteiger partial charge in [-0.05, 0) is 23.3 Å². The summed E-state index contributed by atoms with van der Waals surface area (Å²) < 4.78 is 18.8. The van der Waals surface area contributed by atoms with Crippen LogP contribution in [0.3, 0.4) is 0 Å². The van der Waals surface area contributed by atoms with E-state index in [4.69, 9.17) is 4.52 Å². The maximum atomic E-state index is 13.4. The number of benzene rings is 3. The number of hydrogen-bond acceptors (Lipinski definition) is 3. The SMILES string of the molecule is O=C(O)C(c1ccccc1)(c1ccccc1)P(=O)(O)Oc1ccccc1. The van der Waals surface area contributed by atoms with Gasteiger partial charge in [0, 0.05) is 0 Å². The average Bonchev–Trinajstić information content (AvgIpc) is 2.64. The summed E-state index contributed by atoms with van der Waals surface area (Å²) in [6.07, 6.45) is 0. The van der Waals surface area contributed by atoms with E-state index in [0.717, 1.165) is 0 Å². The van der Waals surface area contributed by atoms with Crippen molar-refractivity contribution < 1.29 is 23.9 Å². The minimum absolute atomic E-state index is 0.121. The molecule has 0 aliphatic carbocycles. The predicted molar refractivity (Wildman–Crippen MR) is 98.2 cm³/mol. The molecule has 26 heavy (non-hydrogen) atoms. The Morgan fingerprint density at radius 1 is 0.769 bits per heavy atom. The lowest BCUT2D eigenvalue weighted by Gasteiger charge is -2.33. The van der Waals surface area contributed by atoms with Crippen LogP contribution in [0.1, 0.15) is 11.1 Å². The summed E-state index contributed by atoms with van der Waals surface area (Å²) in [5.41, 5.74) is 0.334. The van der Waals surface area contributed by atoms with E-state index in [1.54, 1.807) is 54.6 Å². The molecule has 0 aliphatic heterocycles. The highest BCUT2D eigenvalue weighted by Gasteiger charge is 2.59. The summed E-state index contributed by atoms with van der Waals surface area (Å²) in [4.78, 5) is 23.4. The lowest BCUT2D eigenvalue weighted by Crippen LogP contribution is -2.38. The zero-order valence-corrected chi connectivity index (χ0v) is 14.6. The number of carboxylic acids is 1. The van der Waals surface area contributed by atoms with Gasteiger partial charge in [0.15, 0.2) is 0 Å². The predicted octanol–water partition coefficient (Wildman–Crippen LogP) is 4.28. The fourth-order valence-corrected chi connectivity index (χ4v) is 4.65. The fourth-order valence-electron chi connectivity index (χ4n) is 2.91. The molecule has 6 heteroatoms. The van der Waals surface area contributed by atoms with Gasteiger partial charge in [0.1, 0.15) is 5.75 Å². The van der Waals surface area contributed by atoms with E-state index in [2.05, 4.69) is 0 Å². The molecular weight excluding hydrogens is 351 g/mol. The van der Waals surface area contributed by atoms with E-state index >= 15 is 0 Å². The largest absolute Gasteiger partial charge is 0.480 e. The van der Waals surface area contributed by atoms with E-state index in [-0.39, 0.29) is 16.9 Å². The molecule has 132 valence electrons. The van der Waals surface area contributed by atoms with Crippen LogP contribution in [0.4, 0.5) is 0 Å². The first-order valence-corrected chi connectivity index (χ1v) is 9.48. The number of carbonyl (C=O) groups is 1. The minimum atomic E-state index is -4.76. The summed E-state index contributed by atoms with van der Waals surface area (Å²) in [5.74, 6) is -1.34. The number of rotatable bonds is 6. The van der Waals surface area contributed by atoms with Gasteiger partial charge >= 0.3 is 13.6 Å². The first-order chi connectivity index (χ1) is 12.5. The minimum Gasteiger partial charge on any atom is -0.480 e. The molecule has 0 saturated carbocycles. The molecule has 3 aromatic carbocycles. The molecule has 2 N–H and O–H groups in total. The Kier molecular flexibility index (Phi) is 4.94. The van der Waals surface area contributed by atoms with Crippen LogP contribution >= 0.6 is 7.60 Å². The molecule has 1 unspecified atom stereocenters. The zero-order valence-electron chi connectivity index (χ0n) is 13.7. The maximum absolute atomic E-state index is 13.4. The highest BCUT2D eigenvalue weighted by Crippen LogP contribution is 2.63. The third-order valence-electron chi connectivity index (χ3n) is 4.09. The normalized spacial score (nSPS) is 13.6. The molecule has 0 aliphatic rings. The standard InChI is InChI=1S/C20H17O5P/c21-19(22)20(16-10-4-1-5-11-16,17-12-6-2-7-13-17)26(23,24)25-18-14-8-3-9-15-18/h1-15H,(H,21,22)(H,23,24). The first kappa shape index (κ1) is 17.9. The second kappa shape index (κ2) is 7.16. The molecule has 0 spiro atoms.